The van der Waals surface area contributed by atoms with Gasteiger partial charge in [0.25, 0.3) is 5.91 Å². The average molecular weight is 489 g/mol. The van der Waals surface area contributed by atoms with Gasteiger partial charge in [-0.3, -0.25) is 9.59 Å². The largest absolute Gasteiger partial charge is 0.503 e. The van der Waals surface area contributed by atoms with Crippen LogP contribution in [0.5, 0.6) is 5.75 Å². The van der Waals surface area contributed by atoms with E-state index in [0.29, 0.717) is 36.6 Å². The van der Waals surface area contributed by atoms with Gasteiger partial charge in [0.2, 0.25) is 5.78 Å². The molecule has 2 aromatic carbocycles. The minimum absolute atomic E-state index is 0.0232. The fourth-order valence-electron chi connectivity index (χ4n) is 4.56. The first-order valence-corrected chi connectivity index (χ1v) is 12.2. The Bertz CT molecular complexity index is 1300. The second kappa shape index (κ2) is 10.8. The summed E-state index contributed by atoms with van der Waals surface area (Å²) in [5.41, 5.74) is 2.34. The van der Waals surface area contributed by atoms with Crippen LogP contribution in [0.3, 0.4) is 0 Å². The first-order valence-electron chi connectivity index (χ1n) is 12.2. The number of aliphatic hydroxyl groups is 1. The summed E-state index contributed by atoms with van der Waals surface area (Å²) in [4.78, 5) is 30.7. The van der Waals surface area contributed by atoms with E-state index in [0.717, 1.165) is 24.0 Å². The average Bonchev–Trinajstić information content (AvgIpc) is 3.42. The number of carbonyl (C=O) groups is 2. The van der Waals surface area contributed by atoms with Crippen LogP contribution in [0.15, 0.2) is 76.9 Å². The molecule has 0 radical (unpaired) electrons. The smallest absolute Gasteiger partial charge is 0.290 e. The zero-order valence-electron chi connectivity index (χ0n) is 21.0. The molecule has 4 rings (SSSR count). The van der Waals surface area contributed by atoms with Crippen molar-refractivity contribution in [2.45, 2.75) is 26.8 Å². The van der Waals surface area contributed by atoms with E-state index >= 15 is 0 Å². The molecule has 3 aromatic rings. The number of benzene rings is 2. The SMILES string of the molecule is C=CCOc1ccc(C2C(C(=O)c3cc4cc(C)ccc4o3)=C(O)C(=O)N2CCN(CC)CC)cc1. The molecule has 0 saturated carbocycles. The Morgan fingerprint density at radius 2 is 1.89 bits per heavy atom. The van der Waals surface area contributed by atoms with Gasteiger partial charge >= 0.3 is 0 Å². The molecule has 0 bridgehead atoms. The lowest BCUT2D eigenvalue weighted by molar-refractivity contribution is -0.129. The molecule has 1 aromatic heterocycles. The number of carbonyl (C=O) groups excluding carboxylic acids is 2. The van der Waals surface area contributed by atoms with Gasteiger partial charge in [0.1, 0.15) is 17.9 Å². The zero-order chi connectivity index (χ0) is 25.8. The van der Waals surface area contributed by atoms with Crippen LogP contribution in [-0.2, 0) is 4.79 Å². The number of nitrogens with zero attached hydrogens (tertiary/aromatic N) is 2. The van der Waals surface area contributed by atoms with Crippen molar-refractivity contribution in [3.63, 3.8) is 0 Å². The predicted molar refractivity (Wildman–Crippen MR) is 139 cm³/mol. The molecule has 0 spiro atoms. The Morgan fingerprint density at radius 3 is 2.56 bits per heavy atom. The lowest BCUT2D eigenvalue weighted by atomic mass is 9.95. The van der Waals surface area contributed by atoms with Crippen LogP contribution in [0, 0.1) is 6.92 Å². The molecule has 1 N–H and O–H groups in total. The van der Waals surface area contributed by atoms with Crippen LogP contribution in [0.4, 0.5) is 0 Å². The van der Waals surface area contributed by atoms with Gasteiger partial charge in [0.15, 0.2) is 11.5 Å². The van der Waals surface area contributed by atoms with Gasteiger partial charge in [-0.2, -0.15) is 0 Å². The van der Waals surface area contributed by atoms with E-state index in [2.05, 4.69) is 25.3 Å². The maximum atomic E-state index is 13.7. The van der Waals surface area contributed by atoms with E-state index in [1.165, 1.54) is 0 Å². The molecule has 188 valence electrons. The number of aryl methyl sites for hydroxylation is 1. The summed E-state index contributed by atoms with van der Waals surface area (Å²) in [5.74, 6) is -0.863. The van der Waals surface area contributed by atoms with Crippen molar-refractivity contribution in [3.8, 4) is 5.75 Å². The molecule has 1 amide bonds. The maximum absolute atomic E-state index is 13.7. The Hall–Kier alpha value is -3.84. The zero-order valence-corrected chi connectivity index (χ0v) is 21.0. The molecule has 1 atom stereocenters. The topological polar surface area (TPSA) is 83.2 Å². The van der Waals surface area contributed by atoms with Crippen LogP contribution in [0.2, 0.25) is 0 Å². The molecule has 2 heterocycles. The summed E-state index contributed by atoms with van der Waals surface area (Å²) >= 11 is 0. The van der Waals surface area contributed by atoms with E-state index in [9.17, 15) is 14.7 Å². The number of aliphatic hydroxyl groups excluding tert-OH is 1. The van der Waals surface area contributed by atoms with Gasteiger partial charge in [0, 0.05) is 18.5 Å². The van der Waals surface area contributed by atoms with Gasteiger partial charge in [-0.15, -0.1) is 0 Å². The molecule has 0 saturated heterocycles. The van der Waals surface area contributed by atoms with Crippen LogP contribution in [-0.4, -0.2) is 59.4 Å². The van der Waals surface area contributed by atoms with Crippen molar-refractivity contribution >= 4 is 22.7 Å². The number of amides is 1. The molecule has 1 aliphatic heterocycles. The molecule has 1 aliphatic rings. The van der Waals surface area contributed by atoms with Crippen molar-refractivity contribution in [3.05, 3.63) is 89.4 Å². The molecule has 1 unspecified atom stereocenters. The molecule has 7 heteroatoms. The van der Waals surface area contributed by atoms with Crippen molar-refractivity contribution in [1.82, 2.24) is 9.80 Å². The number of ether oxygens (including phenoxy) is 1. The molecule has 0 fully saturated rings. The fourth-order valence-corrected chi connectivity index (χ4v) is 4.56. The first kappa shape index (κ1) is 25.3. The van der Waals surface area contributed by atoms with E-state index in [1.54, 1.807) is 29.2 Å². The molecular formula is C29H32N2O5. The first-order chi connectivity index (χ1) is 17.4. The highest BCUT2D eigenvalue weighted by Crippen LogP contribution is 2.40. The summed E-state index contributed by atoms with van der Waals surface area (Å²) in [6.45, 7) is 12.8. The van der Waals surface area contributed by atoms with Gasteiger partial charge in [-0.1, -0.05) is 50.3 Å². The van der Waals surface area contributed by atoms with Gasteiger partial charge < -0.3 is 24.1 Å². The number of hydrogen-bond acceptors (Lipinski definition) is 6. The van der Waals surface area contributed by atoms with Crippen LogP contribution in [0.25, 0.3) is 11.0 Å². The summed E-state index contributed by atoms with van der Waals surface area (Å²) in [7, 11) is 0. The molecular weight excluding hydrogens is 456 g/mol. The lowest BCUT2D eigenvalue weighted by Crippen LogP contribution is -2.38. The highest BCUT2D eigenvalue weighted by Gasteiger charge is 2.44. The number of likely N-dealkylation sites (N-methyl/N-ethyl adjacent to an activating group) is 1. The molecule has 36 heavy (non-hydrogen) atoms. The number of ketones is 1. The Labute approximate surface area is 211 Å². The predicted octanol–water partition coefficient (Wildman–Crippen LogP) is 5.23. The third-order valence-corrected chi connectivity index (χ3v) is 6.56. The van der Waals surface area contributed by atoms with Crippen LogP contribution in [0.1, 0.15) is 41.6 Å². The maximum Gasteiger partial charge on any atom is 0.290 e. The molecule has 7 nitrogen and oxygen atoms in total. The lowest BCUT2D eigenvalue weighted by Gasteiger charge is -2.29. The number of fused-ring (bicyclic) bond motifs is 1. The minimum Gasteiger partial charge on any atom is -0.503 e. The summed E-state index contributed by atoms with van der Waals surface area (Å²) in [5, 5.41) is 11.7. The monoisotopic (exact) mass is 488 g/mol. The van der Waals surface area contributed by atoms with Crippen LogP contribution >= 0.6 is 0 Å². The van der Waals surface area contributed by atoms with E-state index < -0.39 is 23.5 Å². The Kier molecular flexibility index (Phi) is 7.60. The second-order valence-corrected chi connectivity index (χ2v) is 8.84. The Balaban J connectivity index is 1.73. The number of hydrogen-bond donors (Lipinski definition) is 1. The van der Waals surface area contributed by atoms with E-state index in [4.69, 9.17) is 9.15 Å². The van der Waals surface area contributed by atoms with E-state index in [-0.39, 0.29) is 11.3 Å². The highest BCUT2D eigenvalue weighted by molar-refractivity contribution is 6.16. The number of Topliss-reactive ketones (excluding diaryl/α,β-unsaturated/α-hetero) is 1. The summed E-state index contributed by atoms with van der Waals surface area (Å²) in [6.07, 6.45) is 1.66. The van der Waals surface area contributed by atoms with Gasteiger partial charge in [0.05, 0.1) is 11.6 Å². The number of rotatable bonds is 11. The van der Waals surface area contributed by atoms with Gasteiger partial charge in [-0.25, -0.2) is 0 Å². The van der Waals surface area contributed by atoms with Gasteiger partial charge in [-0.05, 0) is 55.9 Å². The third kappa shape index (κ3) is 4.93. The minimum atomic E-state index is -0.746. The van der Waals surface area contributed by atoms with Crippen molar-refractivity contribution in [2.75, 3.05) is 32.8 Å². The fraction of sp³-hybridized carbons (Fsp3) is 0.310. The van der Waals surface area contributed by atoms with Crippen molar-refractivity contribution < 1.29 is 23.8 Å². The summed E-state index contributed by atoms with van der Waals surface area (Å²) < 4.78 is 11.4. The van der Waals surface area contributed by atoms with Crippen molar-refractivity contribution in [2.24, 2.45) is 0 Å². The van der Waals surface area contributed by atoms with Crippen LogP contribution < -0.4 is 4.74 Å². The van der Waals surface area contributed by atoms with E-state index in [1.807, 2.05) is 37.3 Å². The standard InChI is InChI=1S/C29H32N2O5/c1-5-16-35-22-11-9-20(10-12-22)26-25(28(33)29(34)31(26)15-14-30(6-2)7-3)27(32)24-18-21-17-19(4)8-13-23(21)36-24/h5,8-13,17-18,26,33H,1,6-7,14-16H2,2-4H3. The van der Waals surface area contributed by atoms with Crippen molar-refractivity contribution in [1.29, 1.82) is 0 Å². The second-order valence-electron chi connectivity index (χ2n) is 8.84. The third-order valence-electron chi connectivity index (χ3n) is 6.56. The summed E-state index contributed by atoms with van der Waals surface area (Å²) in [6, 6.07) is 13.8. The Morgan fingerprint density at radius 1 is 1.17 bits per heavy atom. The number of furan rings is 1. The normalized spacial score (nSPS) is 15.8. The highest BCUT2D eigenvalue weighted by atomic mass is 16.5. The molecule has 0 aliphatic carbocycles. The quantitative estimate of drug-likeness (QED) is 0.294.